The Hall–Kier alpha value is -2.83. The molecule has 1 saturated carbocycles. The van der Waals surface area contributed by atoms with Gasteiger partial charge in [-0.3, -0.25) is 9.59 Å². The van der Waals surface area contributed by atoms with Crippen LogP contribution >= 0.6 is 0 Å². The third-order valence-corrected chi connectivity index (χ3v) is 5.55. The first-order valence-corrected chi connectivity index (χ1v) is 10.1. The summed E-state index contributed by atoms with van der Waals surface area (Å²) in [4.78, 5) is 33.2. The molecule has 1 N–H and O–H groups in total. The Balaban J connectivity index is 1.34. The minimum atomic E-state index is -0.125. The summed E-state index contributed by atoms with van der Waals surface area (Å²) in [6.07, 6.45) is 9.30. The Labute approximate surface area is 164 Å². The fraction of sp³-hybridized carbons (Fsp3) is 0.476. The van der Waals surface area contributed by atoms with Gasteiger partial charge in [-0.05, 0) is 37.1 Å². The Morgan fingerprint density at radius 2 is 1.71 bits per heavy atom. The van der Waals surface area contributed by atoms with Crippen molar-refractivity contribution in [2.45, 2.75) is 38.1 Å². The monoisotopic (exact) mass is 382 g/mol. The van der Waals surface area contributed by atoms with Crippen molar-refractivity contribution in [3.63, 3.8) is 0 Å². The topological polar surface area (TPSA) is 78.7 Å². The summed E-state index contributed by atoms with van der Waals surface area (Å²) in [5, 5.41) is 3.47. The predicted molar refractivity (Wildman–Crippen MR) is 105 cm³/mol. The summed E-state index contributed by atoms with van der Waals surface area (Å²) in [6.45, 7) is 2.03. The highest BCUT2D eigenvalue weighted by molar-refractivity contribution is 5.95. The Morgan fingerprint density at radius 3 is 2.39 bits per heavy atom. The normalized spacial score (nSPS) is 18.1. The minimum Gasteiger partial charge on any atom is -0.459 e. The number of furan rings is 1. The molecule has 7 nitrogen and oxygen atoms in total. The summed E-state index contributed by atoms with van der Waals surface area (Å²) in [5.74, 6) is 0.968. The van der Waals surface area contributed by atoms with Crippen LogP contribution in [0.3, 0.4) is 0 Å². The summed E-state index contributed by atoms with van der Waals surface area (Å²) < 4.78 is 5.18. The highest BCUT2D eigenvalue weighted by Gasteiger charge is 2.27. The van der Waals surface area contributed by atoms with Gasteiger partial charge in [0, 0.05) is 44.0 Å². The first-order chi connectivity index (χ1) is 13.7. The maximum atomic E-state index is 12.9. The zero-order chi connectivity index (χ0) is 19.3. The molecule has 7 heteroatoms. The van der Waals surface area contributed by atoms with Crippen LogP contribution in [0.2, 0.25) is 0 Å². The zero-order valence-electron chi connectivity index (χ0n) is 16.0. The number of anilines is 1. The van der Waals surface area contributed by atoms with E-state index < -0.39 is 0 Å². The van der Waals surface area contributed by atoms with Crippen molar-refractivity contribution < 1.29 is 14.0 Å². The van der Waals surface area contributed by atoms with Crippen molar-refractivity contribution in [2.75, 3.05) is 31.5 Å². The van der Waals surface area contributed by atoms with Gasteiger partial charge in [0.15, 0.2) is 5.76 Å². The number of nitrogens with zero attached hydrogens (tertiary/aromatic N) is 3. The van der Waals surface area contributed by atoms with Gasteiger partial charge in [0.1, 0.15) is 5.82 Å². The number of piperazine rings is 1. The number of carbonyl (C=O) groups excluding carboxylic acids is 2. The molecule has 4 rings (SSSR count). The first kappa shape index (κ1) is 18.5. The van der Waals surface area contributed by atoms with Gasteiger partial charge in [-0.15, -0.1) is 0 Å². The second-order valence-electron chi connectivity index (χ2n) is 7.47. The van der Waals surface area contributed by atoms with E-state index in [1.54, 1.807) is 34.2 Å². The summed E-state index contributed by atoms with van der Waals surface area (Å²) in [6, 6.07) is 7.42. The van der Waals surface area contributed by atoms with Crippen LogP contribution in [0.15, 0.2) is 41.1 Å². The van der Waals surface area contributed by atoms with E-state index in [1.165, 1.54) is 25.5 Å². The predicted octanol–water partition coefficient (Wildman–Crippen LogP) is 3.02. The van der Waals surface area contributed by atoms with Crippen molar-refractivity contribution in [3.8, 4) is 0 Å². The van der Waals surface area contributed by atoms with E-state index in [0.29, 0.717) is 43.5 Å². The van der Waals surface area contributed by atoms with Crippen molar-refractivity contribution in [3.05, 3.63) is 48.0 Å². The lowest BCUT2D eigenvalue weighted by Gasteiger charge is -2.34. The van der Waals surface area contributed by atoms with Crippen molar-refractivity contribution in [2.24, 2.45) is 0 Å². The van der Waals surface area contributed by atoms with Crippen LogP contribution < -0.4 is 5.32 Å². The van der Waals surface area contributed by atoms with Crippen LogP contribution in [0.5, 0.6) is 0 Å². The van der Waals surface area contributed by atoms with Crippen LogP contribution in [0.25, 0.3) is 0 Å². The molecule has 0 atom stereocenters. The van der Waals surface area contributed by atoms with Crippen LogP contribution in [0, 0.1) is 0 Å². The minimum absolute atomic E-state index is 0.0146. The quantitative estimate of drug-likeness (QED) is 0.879. The SMILES string of the molecule is O=C(c1ccnc(NC2CCCCC2)c1)N1CCN(C(=O)c2ccco2)CC1. The summed E-state index contributed by atoms with van der Waals surface area (Å²) >= 11 is 0. The van der Waals surface area contributed by atoms with Crippen molar-refractivity contribution >= 4 is 17.6 Å². The van der Waals surface area contributed by atoms with Crippen molar-refractivity contribution in [1.29, 1.82) is 0 Å². The largest absolute Gasteiger partial charge is 0.459 e. The number of rotatable bonds is 4. The van der Waals surface area contributed by atoms with Gasteiger partial charge in [-0.2, -0.15) is 0 Å². The Kier molecular flexibility index (Phi) is 5.60. The van der Waals surface area contributed by atoms with Crippen LogP contribution in [-0.4, -0.2) is 58.8 Å². The van der Waals surface area contributed by atoms with E-state index in [1.807, 2.05) is 6.07 Å². The second kappa shape index (κ2) is 8.46. The van der Waals surface area contributed by atoms with Crippen molar-refractivity contribution in [1.82, 2.24) is 14.8 Å². The van der Waals surface area contributed by atoms with E-state index in [4.69, 9.17) is 4.42 Å². The maximum Gasteiger partial charge on any atom is 0.289 e. The first-order valence-electron chi connectivity index (χ1n) is 10.1. The molecule has 0 bridgehead atoms. The maximum absolute atomic E-state index is 12.9. The third-order valence-electron chi connectivity index (χ3n) is 5.55. The van der Waals surface area contributed by atoms with Gasteiger partial charge in [-0.25, -0.2) is 4.98 Å². The number of hydrogen-bond donors (Lipinski definition) is 1. The molecule has 1 aliphatic carbocycles. The van der Waals surface area contributed by atoms with Crippen LogP contribution in [-0.2, 0) is 0 Å². The van der Waals surface area contributed by atoms with Gasteiger partial charge in [0.05, 0.1) is 6.26 Å². The third kappa shape index (κ3) is 4.18. The molecule has 2 fully saturated rings. The summed E-state index contributed by atoms with van der Waals surface area (Å²) in [5.41, 5.74) is 0.638. The van der Waals surface area contributed by atoms with Gasteiger partial charge in [0.2, 0.25) is 0 Å². The molecule has 3 heterocycles. The molecule has 0 unspecified atom stereocenters. The standard InChI is InChI=1S/C21H26N4O3/c26-20(16-8-9-22-19(15-16)23-17-5-2-1-3-6-17)24-10-12-25(13-11-24)21(27)18-7-4-14-28-18/h4,7-9,14-15,17H,1-3,5-6,10-13H2,(H,22,23). The molecule has 0 spiro atoms. The van der Waals surface area contributed by atoms with Crippen LogP contribution in [0.4, 0.5) is 5.82 Å². The zero-order valence-corrected chi connectivity index (χ0v) is 16.0. The second-order valence-corrected chi connectivity index (χ2v) is 7.47. The molecular formula is C21H26N4O3. The van der Waals surface area contributed by atoms with Crippen LogP contribution in [0.1, 0.15) is 53.0 Å². The van der Waals surface area contributed by atoms with E-state index in [2.05, 4.69) is 10.3 Å². The van der Waals surface area contributed by atoms with E-state index in [9.17, 15) is 9.59 Å². The molecule has 0 aromatic carbocycles. The number of hydrogen-bond acceptors (Lipinski definition) is 5. The van der Waals surface area contributed by atoms with Gasteiger partial charge in [-0.1, -0.05) is 19.3 Å². The van der Waals surface area contributed by atoms with Gasteiger partial charge >= 0.3 is 0 Å². The lowest BCUT2D eigenvalue weighted by atomic mass is 9.95. The molecule has 2 amide bonds. The molecule has 148 valence electrons. The van der Waals surface area contributed by atoms with Gasteiger partial charge < -0.3 is 19.5 Å². The fourth-order valence-corrected chi connectivity index (χ4v) is 3.95. The number of amides is 2. The molecule has 1 saturated heterocycles. The highest BCUT2D eigenvalue weighted by atomic mass is 16.3. The smallest absolute Gasteiger partial charge is 0.289 e. The molecule has 1 aliphatic heterocycles. The average molecular weight is 382 g/mol. The fourth-order valence-electron chi connectivity index (χ4n) is 3.95. The number of nitrogens with one attached hydrogen (secondary N) is 1. The molecule has 28 heavy (non-hydrogen) atoms. The average Bonchev–Trinajstić information content (AvgIpc) is 3.29. The molecule has 2 aliphatic rings. The molecule has 2 aromatic heterocycles. The Morgan fingerprint density at radius 1 is 1.00 bits per heavy atom. The van der Waals surface area contributed by atoms with E-state index >= 15 is 0 Å². The number of aromatic nitrogens is 1. The highest BCUT2D eigenvalue weighted by Crippen LogP contribution is 2.21. The van der Waals surface area contributed by atoms with Gasteiger partial charge in [0.25, 0.3) is 11.8 Å². The summed E-state index contributed by atoms with van der Waals surface area (Å²) in [7, 11) is 0. The number of pyridine rings is 1. The van der Waals surface area contributed by atoms with E-state index in [0.717, 1.165) is 18.7 Å². The molecule has 0 radical (unpaired) electrons. The lowest BCUT2D eigenvalue weighted by molar-refractivity contribution is 0.0518. The Bertz CT molecular complexity index is 807. The molecular weight excluding hydrogens is 356 g/mol. The number of carbonyl (C=O) groups is 2. The molecule has 2 aromatic rings. The lowest BCUT2D eigenvalue weighted by Crippen LogP contribution is -2.50. The van der Waals surface area contributed by atoms with E-state index in [-0.39, 0.29) is 11.8 Å².